The van der Waals surface area contributed by atoms with Crippen molar-refractivity contribution in [2.24, 2.45) is 0 Å². The molecule has 1 heterocycles. The molecular formula is C16H17N. The summed E-state index contributed by atoms with van der Waals surface area (Å²) in [6, 6.07) is 22.8. The van der Waals surface area contributed by atoms with Gasteiger partial charge in [0.2, 0.25) is 0 Å². The van der Waals surface area contributed by atoms with Gasteiger partial charge in [-0.2, -0.15) is 0 Å². The predicted molar refractivity (Wildman–Crippen MR) is 70.6 cm³/mol. The van der Waals surface area contributed by atoms with E-state index in [1.165, 1.54) is 11.1 Å². The molecule has 1 aliphatic heterocycles. The third kappa shape index (κ3) is 2.11. The van der Waals surface area contributed by atoms with Gasteiger partial charge in [-0.05, 0) is 18.1 Å². The lowest BCUT2D eigenvalue weighted by Gasteiger charge is -2.04. The molecule has 0 bridgehead atoms. The summed E-state index contributed by atoms with van der Waals surface area (Å²) in [7, 11) is 0. The maximum Gasteiger partial charge on any atom is 0.0508 e. The normalized spacial score (nSPS) is 26.8. The monoisotopic (exact) mass is 223 g/mol. The van der Waals surface area contributed by atoms with E-state index in [-0.39, 0.29) is 0 Å². The van der Waals surface area contributed by atoms with Crippen molar-refractivity contribution in [3.05, 3.63) is 71.8 Å². The van der Waals surface area contributed by atoms with Crippen LogP contribution in [0.25, 0.3) is 0 Å². The molecule has 3 atom stereocenters. The third-order valence-corrected chi connectivity index (χ3v) is 3.60. The Morgan fingerprint density at radius 2 is 1.47 bits per heavy atom. The van der Waals surface area contributed by atoms with Crippen LogP contribution >= 0.6 is 0 Å². The molecular weight excluding hydrogens is 206 g/mol. The lowest BCUT2D eigenvalue weighted by atomic mass is 10.1. The van der Waals surface area contributed by atoms with Gasteiger partial charge in [-0.15, -0.1) is 0 Å². The van der Waals surface area contributed by atoms with Crippen molar-refractivity contribution in [2.75, 3.05) is 0 Å². The van der Waals surface area contributed by atoms with Gasteiger partial charge in [0.05, 0.1) is 6.04 Å². The quantitative estimate of drug-likeness (QED) is 0.718. The zero-order chi connectivity index (χ0) is 11.7. The largest absolute Gasteiger partial charge is 0.286 e. The SMILES string of the molecule is C[C@H]1[C@@H](c2ccccc2)N1Cc1ccccc1. The zero-order valence-electron chi connectivity index (χ0n) is 10.1. The van der Waals surface area contributed by atoms with Crippen molar-refractivity contribution in [3.8, 4) is 0 Å². The Morgan fingerprint density at radius 3 is 2.12 bits per heavy atom. The topological polar surface area (TPSA) is 3.01 Å². The molecule has 1 unspecified atom stereocenters. The van der Waals surface area contributed by atoms with E-state index in [9.17, 15) is 0 Å². The van der Waals surface area contributed by atoms with E-state index in [1.54, 1.807) is 0 Å². The van der Waals surface area contributed by atoms with Crippen molar-refractivity contribution in [1.29, 1.82) is 0 Å². The molecule has 1 nitrogen and oxygen atoms in total. The van der Waals surface area contributed by atoms with Crippen LogP contribution in [0, 0.1) is 0 Å². The van der Waals surface area contributed by atoms with Gasteiger partial charge in [-0.25, -0.2) is 0 Å². The van der Waals surface area contributed by atoms with Crippen molar-refractivity contribution in [1.82, 2.24) is 4.90 Å². The first kappa shape index (κ1) is 10.5. The van der Waals surface area contributed by atoms with E-state index in [0.29, 0.717) is 12.1 Å². The predicted octanol–water partition coefficient (Wildman–Crippen LogP) is 3.63. The molecule has 0 amide bonds. The first-order valence-corrected chi connectivity index (χ1v) is 6.21. The van der Waals surface area contributed by atoms with E-state index in [4.69, 9.17) is 0 Å². The number of nitrogens with zero attached hydrogens (tertiary/aromatic N) is 1. The highest BCUT2D eigenvalue weighted by atomic mass is 15.3. The van der Waals surface area contributed by atoms with E-state index >= 15 is 0 Å². The van der Waals surface area contributed by atoms with Crippen LogP contribution in [0.4, 0.5) is 0 Å². The maximum absolute atomic E-state index is 2.53. The minimum atomic E-state index is 0.608. The van der Waals surface area contributed by atoms with Gasteiger partial charge < -0.3 is 0 Å². The summed E-state index contributed by atoms with van der Waals surface area (Å²) in [5.41, 5.74) is 2.84. The Labute approximate surface area is 103 Å². The van der Waals surface area contributed by atoms with Crippen LogP contribution in [0.2, 0.25) is 0 Å². The van der Waals surface area contributed by atoms with E-state index in [1.807, 2.05) is 0 Å². The molecule has 3 rings (SSSR count). The highest BCUT2D eigenvalue weighted by molar-refractivity contribution is 5.27. The summed E-state index contributed by atoms with van der Waals surface area (Å²) < 4.78 is 0. The van der Waals surface area contributed by atoms with Gasteiger partial charge >= 0.3 is 0 Å². The molecule has 0 spiro atoms. The Bertz CT molecular complexity index is 477. The first-order chi connectivity index (χ1) is 8.36. The molecule has 0 radical (unpaired) electrons. The highest BCUT2D eigenvalue weighted by Crippen LogP contribution is 2.43. The van der Waals surface area contributed by atoms with E-state index in [0.717, 1.165) is 6.54 Å². The molecule has 1 heteroatoms. The molecule has 0 saturated carbocycles. The lowest BCUT2D eigenvalue weighted by molar-refractivity contribution is 0.484. The number of benzene rings is 2. The van der Waals surface area contributed by atoms with Gasteiger partial charge in [-0.3, -0.25) is 4.90 Å². The smallest absolute Gasteiger partial charge is 0.0508 e. The molecule has 0 N–H and O–H groups in total. The molecule has 2 aromatic rings. The van der Waals surface area contributed by atoms with Gasteiger partial charge in [0.1, 0.15) is 0 Å². The average Bonchev–Trinajstić information content (AvgIpc) is 3.02. The van der Waals surface area contributed by atoms with Gasteiger partial charge in [-0.1, -0.05) is 60.7 Å². The molecule has 0 aliphatic carbocycles. The standard InChI is InChI=1S/C16H17N/c1-13-16(15-10-6-3-7-11-15)17(13)12-14-8-4-2-5-9-14/h2-11,13,16H,12H2,1H3/t13-,16-,17?/m0/s1. The average molecular weight is 223 g/mol. The van der Waals surface area contributed by atoms with Crippen molar-refractivity contribution in [2.45, 2.75) is 25.6 Å². The molecule has 17 heavy (non-hydrogen) atoms. The fourth-order valence-corrected chi connectivity index (χ4v) is 2.57. The summed E-state index contributed by atoms with van der Waals surface area (Å²) >= 11 is 0. The molecule has 1 fully saturated rings. The van der Waals surface area contributed by atoms with Crippen LogP contribution in [0.1, 0.15) is 24.1 Å². The molecule has 1 aliphatic rings. The molecule has 1 saturated heterocycles. The van der Waals surface area contributed by atoms with Crippen LogP contribution in [0.15, 0.2) is 60.7 Å². The minimum absolute atomic E-state index is 0.608. The second-order valence-corrected chi connectivity index (χ2v) is 4.75. The Morgan fingerprint density at radius 1 is 0.882 bits per heavy atom. The summed E-state index contributed by atoms with van der Waals surface area (Å²) in [5, 5.41) is 0. The second-order valence-electron chi connectivity index (χ2n) is 4.75. The summed E-state index contributed by atoms with van der Waals surface area (Å²) in [6.07, 6.45) is 0. The van der Waals surface area contributed by atoms with Gasteiger partial charge in [0.15, 0.2) is 0 Å². The first-order valence-electron chi connectivity index (χ1n) is 6.21. The molecule has 0 aromatic heterocycles. The maximum atomic E-state index is 2.53. The van der Waals surface area contributed by atoms with E-state index < -0.39 is 0 Å². The van der Waals surface area contributed by atoms with Crippen molar-refractivity contribution in [3.63, 3.8) is 0 Å². The lowest BCUT2D eigenvalue weighted by Crippen LogP contribution is -2.00. The van der Waals surface area contributed by atoms with Crippen molar-refractivity contribution >= 4 is 0 Å². The number of hydrogen-bond acceptors (Lipinski definition) is 1. The van der Waals surface area contributed by atoms with Crippen LogP contribution in [-0.4, -0.2) is 10.9 Å². The highest BCUT2D eigenvalue weighted by Gasteiger charge is 2.44. The Kier molecular flexibility index (Phi) is 2.69. The molecule has 86 valence electrons. The van der Waals surface area contributed by atoms with Crippen LogP contribution in [0.5, 0.6) is 0 Å². The number of rotatable bonds is 3. The van der Waals surface area contributed by atoms with Gasteiger partial charge in [0, 0.05) is 12.6 Å². The fourth-order valence-electron chi connectivity index (χ4n) is 2.57. The van der Waals surface area contributed by atoms with Gasteiger partial charge in [0.25, 0.3) is 0 Å². The molecule has 2 aromatic carbocycles. The van der Waals surface area contributed by atoms with E-state index in [2.05, 4.69) is 72.5 Å². The van der Waals surface area contributed by atoms with Crippen LogP contribution < -0.4 is 0 Å². The van der Waals surface area contributed by atoms with Crippen LogP contribution in [0.3, 0.4) is 0 Å². The van der Waals surface area contributed by atoms with Crippen LogP contribution in [-0.2, 0) is 6.54 Å². The summed E-state index contributed by atoms with van der Waals surface area (Å²) in [6.45, 7) is 3.36. The second kappa shape index (κ2) is 4.34. The minimum Gasteiger partial charge on any atom is -0.286 e. The van der Waals surface area contributed by atoms with Crippen molar-refractivity contribution < 1.29 is 0 Å². The summed E-state index contributed by atoms with van der Waals surface area (Å²) in [4.78, 5) is 2.53. The number of hydrogen-bond donors (Lipinski definition) is 0. The third-order valence-electron chi connectivity index (χ3n) is 3.60. The fraction of sp³-hybridized carbons (Fsp3) is 0.250. The Hall–Kier alpha value is -1.60. The zero-order valence-corrected chi connectivity index (χ0v) is 10.1. The Balaban J connectivity index is 1.72. The summed E-state index contributed by atoms with van der Waals surface area (Å²) in [5.74, 6) is 0.